The van der Waals surface area contributed by atoms with Crippen molar-refractivity contribution in [2.24, 2.45) is 7.05 Å². The van der Waals surface area contributed by atoms with Crippen LogP contribution in [0.4, 0.5) is 5.69 Å². The molecular formula is C11H13BrN4. The zero-order chi connectivity index (χ0) is 11.5. The van der Waals surface area contributed by atoms with Gasteiger partial charge in [0.05, 0.1) is 11.9 Å². The van der Waals surface area contributed by atoms with E-state index < -0.39 is 0 Å². The zero-order valence-electron chi connectivity index (χ0n) is 9.24. The summed E-state index contributed by atoms with van der Waals surface area (Å²) in [6.45, 7) is 2.81. The smallest absolute Gasteiger partial charge is 0.129 e. The fourth-order valence-electron chi connectivity index (χ4n) is 1.43. The van der Waals surface area contributed by atoms with Gasteiger partial charge in [-0.2, -0.15) is 5.10 Å². The summed E-state index contributed by atoms with van der Waals surface area (Å²) in [5.74, 6) is 0. The van der Waals surface area contributed by atoms with Gasteiger partial charge in [0.1, 0.15) is 4.60 Å². The summed E-state index contributed by atoms with van der Waals surface area (Å²) in [7, 11) is 1.94. The van der Waals surface area contributed by atoms with Crippen LogP contribution in [-0.2, 0) is 13.6 Å². The minimum atomic E-state index is 0.754. The second kappa shape index (κ2) is 4.65. The Hall–Kier alpha value is -1.36. The molecule has 0 aliphatic rings. The molecule has 0 aliphatic heterocycles. The lowest BCUT2D eigenvalue weighted by atomic mass is 10.2. The minimum Gasteiger partial charge on any atom is -0.379 e. The van der Waals surface area contributed by atoms with E-state index in [9.17, 15) is 0 Å². The standard InChI is InChI=1S/C11H13BrN4/c1-8-9(7-15-16(8)2)6-14-10-4-3-5-13-11(10)12/h3-5,7,14H,6H2,1-2H3. The number of pyridine rings is 1. The third kappa shape index (κ3) is 2.24. The Bertz CT molecular complexity index is 492. The molecule has 0 aliphatic carbocycles. The summed E-state index contributed by atoms with van der Waals surface area (Å²) in [4.78, 5) is 4.15. The van der Waals surface area contributed by atoms with Gasteiger partial charge in [0.15, 0.2) is 0 Å². The van der Waals surface area contributed by atoms with Crippen molar-refractivity contribution in [3.8, 4) is 0 Å². The number of aryl methyl sites for hydroxylation is 1. The topological polar surface area (TPSA) is 42.7 Å². The first-order valence-corrected chi connectivity index (χ1v) is 5.79. The van der Waals surface area contributed by atoms with Crippen LogP contribution in [0.25, 0.3) is 0 Å². The molecule has 0 aromatic carbocycles. The largest absolute Gasteiger partial charge is 0.379 e. The van der Waals surface area contributed by atoms with Crippen LogP contribution in [0, 0.1) is 6.92 Å². The number of halogens is 1. The van der Waals surface area contributed by atoms with E-state index >= 15 is 0 Å². The van der Waals surface area contributed by atoms with Gasteiger partial charge in [0.25, 0.3) is 0 Å². The Morgan fingerprint density at radius 1 is 1.50 bits per heavy atom. The van der Waals surface area contributed by atoms with E-state index in [1.54, 1.807) is 6.20 Å². The van der Waals surface area contributed by atoms with Crippen molar-refractivity contribution in [2.75, 3.05) is 5.32 Å². The summed E-state index contributed by atoms with van der Waals surface area (Å²) < 4.78 is 2.70. The molecule has 0 unspecified atom stereocenters. The van der Waals surface area contributed by atoms with E-state index in [1.807, 2.05) is 30.1 Å². The van der Waals surface area contributed by atoms with Crippen molar-refractivity contribution < 1.29 is 0 Å². The molecule has 2 heterocycles. The first-order valence-electron chi connectivity index (χ1n) is 5.00. The molecule has 0 fully saturated rings. The maximum atomic E-state index is 4.20. The van der Waals surface area contributed by atoms with Crippen molar-refractivity contribution in [3.05, 3.63) is 40.4 Å². The highest BCUT2D eigenvalue weighted by atomic mass is 79.9. The molecule has 0 saturated carbocycles. The molecule has 0 bridgehead atoms. The number of hydrogen-bond donors (Lipinski definition) is 1. The fraction of sp³-hybridized carbons (Fsp3) is 0.273. The maximum absolute atomic E-state index is 4.20. The summed E-state index contributed by atoms with van der Waals surface area (Å²) in [5.41, 5.74) is 3.36. The van der Waals surface area contributed by atoms with Gasteiger partial charge < -0.3 is 5.32 Å². The van der Waals surface area contributed by atoms with E-state index in [-0.39, 0.29) is 0 Å². The van der Waals surface area contributed by atoms with Gasteiger partial charge in [-0.3, -0.25) is 4.68 Å². The van der Waals surface area contributed by atoms with Gasteiger partial charge in [-0.15, -0.1) is 0 Å². The molecule has 84 valence electrons. The Kier molecular flexibility index (Phi) is 3.24. The van der Waals surface area contributed by atoms with Gasteiger partial charge in [-0.25, -0.2) is 4.98 Å². The van der Waals surface area contributed by atoms with Crippen molar-refractivity contribution in [2.45, 2.75) is 13.5 Å². The number of nitrogens with zero attached hydrogens (tertiary/aromatic N) is 3. The molecule has 4 nitrogen and oxygen atoms in total. The highest BCUT2D eigenvalue weighted by Crippen LogP contribution is 2.19. The molecule has 1 N–H and O–H groups in total. The third-order valence-corrected chi connectivity index (χ3v) is 3.20. The molecular weight excluding hydrogens is 268 g/mol. The number of nitrogens with one attached hydrogen (secondary N) is 1. The molecule has 2 aromatic heterocycles. The lowest BCUT2D eigenvalue weighted by molar-refractivity contribution is 0.738. The van der Waals surface area contributed by atoms with Crippen LogP contribution >= 0.6 is 15.9 Å². The van der Waals surface area contributed by atoms with Gasteiger partial charge in [-0.05, 0) is 35.0 Å². The molecule has 2 rings (SSSR count). The summed E-state index contributed by atoms with van der Waals surface area (Å²) in [6, 6.07) is 3.89. The Balaban J connectivity index is 2.08. The predicted molar refractivity (Wildman–Crippen MR) is 67.2 cm³/mol. The molecule has 0 atom stereocenters. The van der Waals surface area contributed by atoms with E-state index in [1.165, 1.54) is 11.3 Å². The van der Waals surface area contributed by atoms with Crippen LogP contribution in [0.2, 0.25) is 0 Å². The lowest BCUT2D eigenvalue weighted by Crippen LogP contribution is -2.02. The molecule has 0 saturated heterocycles. The van der Waals surface area contributed by atoms with Gasteiger partial charge in [0.2, 0.25) is 0 Å². The summed E-state index contributed by atoms with van der Waals surface area (Å²) in [6.07, 6.45) is 3.64. The molecule has 0 radical (unpaired) electrons. The van der Waals surface area contributed by atoms with Gasteiger partial charge in [0, 0.05) is 31.0 Å². The molecule has 16 heavy (non-hydrogen) atoms. The van der Waals surface area contributed by atoms with Crippen molar-refractivity contribution in [1.82, 2.24) is 14.8 Å². The first-order chi connectivity index (χ1) is 7.68. The first kappa shape index (κ1) is 11.1. The van der Waals surface area contributed by atoms with Crippen LogP contribution in [0.15, 0.2) is 29.1 Å². The highest BCUT2D eigenvalue weighted by Gasteiger charge is 2.04. The van der Waals surface area contributed by atoms with Crippen molar-refractivity contribution >= 4 is 21.6 Å². The third-order valence-electron chi connectivity index (χ3n) is 2.57. The molecule has 0 spiro atoms. The van der Waals surface area contributed by atoms with E-state index in [0.717, 1.165) is 16.8 Å². The van der Waals surface area contributed by atoms with Gasteiger partial charge >= 0.3 is 0 Å². The van der Waals surface area contributed by atoms with E-state index in [2.05, 4.69) is 38.3 Å². The van der Waals surface area contributed by atoms with E-state index in [0.29, 0.717) is 0 Å². The highest BCUT2D eigenvalue weighted by molar-refractivity contribution is 9.10. The Morgan fingerprint density at radius 2 is 2.31 bits per heavy atom. The van der Waals surface area contributed by atoms with Crippen LogP contribution in [0.1, 0.15) is 11.3 Å². The average Bonchev–Trinajstić information content (AvgIpc) is 2.59. The summed E-state index contributed by atoms with van der Waals surface area (Å²) >= 11 is 3.40. The number of rotatable bonds is 3. The van der Waals surface area contributed by atoms with Crippen LogP contribution < -0.4 is 5.32 Å². The zero-order valence-corrected chi connectivity index (χ0v) is 10.8. The molecule has 5 heteroatoms. The van der Waals surface area contributed by atoms with Crippen molar-refractivity contribution in [1.29, 1.82) is 0 Å². The normalized spacial score (nSPS) is 10.4. The minimum absolute atomic E-state index is 0.754. The lowest BCUT2D eigenvalue weighted by Gasteiger charge is -2.07. The Labute approximate surface area is 103 Å². The predicted octanol–water partition coefficient (Wildman–Crippen LogP) is 2.50. The second-order valence-corrected chi connectivity index (χ2v) is 4.33. The average molecular weight is 281 g/mol. The van der Waals surface area contributed by atoms with Crippen LogP contribution in [-0.4, -0.2) is 14.8 Å². The second-order valence-electron chi connectivity index (χ2n) is 3.57. The van der Waals surface area contributed by atoms with Gasteiger partial charge in [-0.1, -0.05) is 0 Å². The molecule has 2 aromatic rings. The van der Waals surface area contributed by atoms with E-state index in [4.69, 9.17) is 0 Å². The maximum Gasteiger partial charge on any atom is 0.129 e. The quantitative estimate of drug-likeness (QED) is 0.879. The number of aromatic nitrogens is 3. The number of anilines is 1. The van der Waals surface area contributed by atoms with Crippen LogP contribution in [0.3, 0.4) is 0 Å². The summed E-state index contributed by atoms with van der Waals surface area (Å²) in [5, 5.41) is 7.52. The Morgan fingerprint density at radius 3 is 2.94 bits per heavy atom. The van der Waals surface area contributed by atoms with Crippen LogP contribution in [0.5, 0.6) is 0 Å². The monoisotopic (exact) mass is 280 g/mol. The SMILES string of the molecule is Cc1c(CNc2cccnc2Br)cnn1C. The fourth-order valence-corrected chi connectivity index (χ4v) is 1.82. The number of hydrogen-bond acceptors (Lipinski definition) is 3. The molecule has 0 amide bonds. The van der Waals surface area contributed by atoms with Crippen molar-refractivity contribution in [3.63, 3.8) is 0 Å².